The van der Waals surface area contributed by atoms with E-state index in [2.05, 4.69) is 6.58 Å². The smallest absolute Gasteiger partial charge is 0.337 e. The van der Waals surface area contributed by atoms with Crippen LogP contribution in [-0.4, -0.2) is 60.3 Å². The molecule has 0 amide bonds. The molecule has 0 aliphatic rings. The van der Waals surface area contributed by atoms with Crippen molar-refractivity contribution in [3.8, 4) is 0 Å². The predicted molar refractivity (Wildman–Crippen MR) is 79.4 cm³/mol. The number of aliphatic hydroxyl groups is 1. The summed E-state index contributed by atoms with van der Waals surface area (Å²) in [6.07, 6.45) is 0.803. The Labute approximate surface area is 130 Å². The van der Waals surface area contributed by atoms with Crippen molar-refractivity contribution in [1.29, 1.82) is 0 Å². The zero-order valence-corrected chi connectivity index (χ0v) is 13.2. The van der Waals surface area contributed by atoms with Crippen molar-refractivity contribution in [2.45, 2.75) is 39.1 Å². The molecule has 0 saturated heterocycles. The van der Waals surface area contributed by atoms with Gasteiger partial charge in [0.15, 0.2) is 0 Å². The Morgan fingerprint density at radius 3 is 2.14 bits per heavy atom. The number of hydrogen-bond acceptors (Lipinski definition) is 6. The topological polar surface area (TPSA) is 102 Å². The third-order valence-corrected chi connectivity index (χ3v) is 2.38. The van der Waals surface area contributed by atoms with Crippen molar-refractivity contribution in [1.82, 2.24) is 0 Å². The molecule has 0 spiro atoms. The molecule has 0 rings (SSSR count). The molecular weight excluding hydrogens is 292 g/mol. The van der Waals surface area contributed by atoms with Gasteiger partial charge in [0.2, 0.25) is 0 Å². The third kappa shape index (κ3) is 11.0. The van der Waals surface area contributed by atoms with Gasteiger partial charge < -0.3 is 24.4 Å². The summed E-state index contributed by atoms with van der Waals surface area (Å²) in [4.78, 5) is 21.8. The van der Waals surface area contributed by atoms with Gasteiger partial charge in [-0.25, -0.2) is 9.59 Å². The molecule has 7 nitrogen and oxygen atoms in total. The van der Waals surface area contributed by atoms with Gasteiger partial charge in [0, 0.05) is 6.08 Å². The Bertz CT molecular complexity index is 401. The van der Waals surface area contributed by atoms with E-state index in [0.717, 1.165) is 12.2 Å². The zero-order chi connectivity index (χ0) is 17.1. The van der Waals surface area contributed by atoms with Gasteiger partial charge in [0.1, 0.15) is 6.61 Å². The van der Waals surface area contributed by atoms with E-state index in [1.807, 2.05) is 0 Å². The minimum absolute atomic E-state index is 0.0158. The highest BCUT2D eigenvalue weighted by molar-refractivity contribution is 5.93. The Morgan fingerprint density at radius 2 is 1.59 bits per heavy atom. The fourth-order valence-electron chi connectivity index (χ4n) is 1.23. The molecule has 0 saturated carbocycles. The van der Waals surface area contributed by atoms with Crippen molar-refractivity contribution in [2.75, 3.05) is 19.8 Å². The average molecular weight is 316 g/mol. The van der Waals surface area contributed by atoms with Crippen LogP contribution in [0.3, 0.4) is 0 Å². The lowest BCUT2D eigenvalue weighted by Gasteiger charge is -2.18. The molecular formula is C15H24O7. The summed E-state index contributed by atoms with van der Waals surface area (Å²) >= 11 is 0. The van der Waals surface area contributed by atoms with E-state index >= 15 is 0 Å². The Hall–Kier alpha value is -1.70. The first kappa shape index (κ1) is 20.3. The van der Waals surface area contributed by atoms with Crippen LogP contribution in [0.4, 0.5) is 0 Å². The highest BCUT2D eigenvalue weighted by Gasteiger charge is 2.12. The van der Waals surface area contributed by atoms with Crippen LogP contribution in [0.2, 0.25) is 0 Å². The molecule has 3 atom stereocenters. The zero-order valence-electron chi connectivity index (χ0n) is 13.2. The maximum Gasteiger partial charge on any atom is 0.337 e. The highest BCUT2D eigenvalue weighted by Crippen LogP contribution is 2.02. The fourth-order valence-corrected chi connectivity index (χ4v) is 1.23. The molecule has 7 heteroatoms. The van der Waals surface area contributed by atoms with Crippen LogP contribution in [-0.2, 0) is 23.8 Å². The van der Waals surface area contributed by atoms with E-state index < -0.39 is 18.0 Å². The Kier molecular flexibility index (Phi) is 10.1. The molecule has 0 heterocycles. The normalized spacial score (nSPS) is 15.3. The molecule has 0 aromatic carbocycles. The lowest BCUT2D eigenvalue weighted by Crippen LogP contribution is -2.26. The molecule has 0 radical (unpaired) electrons. The number of carbonyl (C=O) groups excluding carboxylic acids is 1. The monoisotopic (exact) mass is 316 g/mol. The van der Waals surface area contributed by atoms with Gasteiger partial charge in [-0.2, -0.15) is 0 Å². The van der Waals surface area contributed by atoms with E-state index in [9.17, 15) is 9.59 Å². The summed E-state index contributed by atoms with van der Waals surface area (Å²) in [7, 11) is 0. The van der Waals surface area contributed by atoms with Crippen LogP contribution >= 0.6 is 0 Å². The van der Waals surface area contributed by atoms with Gasteiger partial charge in [0.25, 0.3) is 0 Å². The number of carbonyl (C=O) groups is 2. The number of carboxylic acid groups (broad SMARTS) is 1. The molecule has 0 aliphatic heterocycles. The van der Waals surface area contributed by atoms with Crippen molar-refractivity contribution in [3.05, 3.63) is 24.3 Å². The number of carboxylic acids is 1. The summed E-state index contributed by atoms with van der Waals surface area (Å²) in [6, 6.07) is 0. The number of hydrogen-bond donors (Lipinski definition) is 2. The highest BCUT2D eigenvalue weighted by atomic mass is 16.6. The van der Waals surface area contributed by atoms with Crippen molar-refractivity contribution < 1.29 is 34.0 Å². The van der Waals surface area contributed by atoms with Gasteiger partial charge in [-0.15, -0.1) is 0 Å². The molecule has 0 aromatic rings. The molecule has 0 aliphatic carbocycles. The van der Waals surface area contributed by atoms with Gasteiger partial charge in [-0.3, -0.25) is 0 Å². The summed E-state index contributed by atoms with van der Waals surface area (Å²) in [5.41, 5.74) is -0.0526. The second-order valence-corrected chi connectivity index (χ2v) is 4.93. The van der Waals surface area contributed by atoms with E-state index in [-0.39, 0.29) is 31.0 Å². The summed E-state index contributed by atoms with van der Waals surface area (Å²) in [6.45, 7) is 9.11. The van der Waals surface area contributed by atoms with Crippen molar-refractivity contribution in [3.63, 3.8) is 0 Å². The minimum Gasteiger partial charge on any atom is -0.478 e. The molecule has 126 valence electrons. The van der Waals surface area contributed by atoms with E-state index in [1.54, 1.807) is 20.8 Å². The van der Waals surface area contributed by atoms with Crippen molar-refractivity contribution in [2.24, 2.45) is 0 Å². The third-order valence-electron chi connectivity index (χ3n) is 2.38. The second kappa shape index (κ2) is 10.9. The first-order chi connectivity index (χ1) is 10.2. The average Bonchev–Trinajstić information content (AvgIpc) is 2.45. The minimum atomic E-state index is -1.17. The molecule has 0 aromatic heterocycles. The Balaban J connectivity index is 3.93. The number of ether oxygens (including phenoxy) is 3. The van der Waals surface area contributed by atoms with E-state index in [1.165, 1.54) is 0 Å². The fraction of sp³-hybridized carbons (Fsp3) is 0.600. The lowest BCUT2D eigenvalue weighted by molar-refractivity contribution is -0.143. The van der Waals surface area contributed by atoms with Gasteiger partial charge in [-0.05, 0) is 26.8 Å². The summed E-state index contributed by atoms with van der Waals surface area (Å²) < 4.78 is 15.7. The second-order valence-electron chi connectivity index (χ2n) is 4.93. The standard InChI is InChI=1S/C15H24O7/c1-10(5-6-14(17)18)15(19)22-9-13(4)21-8-12(3)20-7-11(2)16/h5-6,11-13,16H,1,7-9H2,2-4H3,(H,17,18). The lowest BCUT2D eigenvalue weighted by atomic mass is 10.3. The first-order valence-corrected chi connectivity index (χ1v) is 6.90. The summed E-state index contributed by atoms with van der Waals surface area (Å²) in [5, 5.41) is 17.5. The van der Waals surface area contributed by atoms with Crippen LogP contribution in [0.5, 0.6) is 0 Å². The number of aliphatic carboxylic acids is 1. The molecule has 0 fully saturated rings. The SMILES string of the molecule is C=C(C=CC(=O)O)C(=O)OCC(C)OCC(C)OCC(C)O. The maximum absolute atomic E-state index is 11.5. The molecule has 3 unspecified atom stereocenters. The molecule has 22 heavy (non-hydrogen) atoms. The van der Waals surface area contributed by atoms with Crippen molar-refractivity contribution >= 4 is 11.9 Å². The van der Waals surface area contributed by atoms with Gasteiger partial charge >= 0.3 is 11.9 Å². The van der Waals surface area contributed by atoms with Gasteiger partial charge in [-0.1, -0.05) is 6.58 Å². The van der Waals surface area contributed by atoms with Crippen LogP contribution in [0.15, 0.2) is 24.3 Å². The number of rotatable bonds is 11. The molecule has 2 N–H and O–H groups in total. The molecule has 0 bridgehead atoms. The number of esters is 1. The quantitative estimate of drug-likeness (QED) is 0.332. The van der Waals surface area contributed by atoms with E-state index in [0.29, 0.717) is 6.61 Å². The Morgan fingerprint density at radius 1 is 1.05 bits per heavy atom. The number of aliphatic hydroxyl groups excluding tert-OH is 1. The van der Waals surface area contributed by atoms with Crippen LogP contribution < -0.4 is 0 Å². The van der Waals surface area contributed by atoms with Crippen LogP contribution in [0.25, 0.3) is 0 Å². The van der Waals surface area contributed by atoms with E-state index in [4.69, 9.17) is 24.4 Å². The predicted octanol–water partition coefficient (Wildman–Crippen LogP) is 0.918. The maximum atomic E-state index is 11.5. The van der Waals surface area contributed by atoms with Crippen LogP contribution in [0, 0.1) is 0 Å². The first-order valence-electron chi connectivity index (χ1n) is 6.90. The largest absolute Gasteiger partial charge is 0.478 e. The summed E-state index contributed by atoms with van der Waals surface area (Å²) in [5.74, 6) is -1.87. The van der Waals surface area contributed by atoms with Gasteiger partial charge in [0.05, 0.1) is 37.1 Å². The van der Waals surface area contributed by atoms with Crippen LogP contribution in [0.1, 0.15) is 20.8 Å².